The highest BCUT2D eigenvalue weighted by molar-refractivity contribution is 5.76. The molecular weight excluding hydrogens is 282 g/mol. The summed E-state index contributed by atoms with van der Waals surface area (Å²) in [6.07, 6.45) is 5.20. The number of hydrogen-bond donors (Lipinski definition) is 1. The van der Waals surface area contributed by atoms with Crippen molar-refractivity contribution in [1.29, 1.82) is 0 Å². The quantitative estimate of drug-likeness (QED) is 0.875. The average Bonchev–Trinajstić information content (AvgIpc) is 2.47. The standard InChI is InChI=1S/C16H25N3O3/c1-18(2)15(20)8-16(21)5-4-6-19(12-16)11-13-7-14(22-3)10-17-9-13/h7,9-10,21H,4-6,8,11-12H2,1-3H3. The largest absolute Gasteiger partial charge is 0.495 e. The lowest BCUT2D eigenvalue weighted by Gasteiger charge is -2.39. The highest BCUT2D eigenvalue weighted by Crippen LogP contribution is 2.26. The number of aromatic nitrogens is 1. The van der Waals surface area contributed by atoms with E-state index in [9.17, 15) is 9.90 Å². The van der Waals surface area contributed by atoms with Gasteiger partial charge in [-0.1, -0.05) is 0 Å². The van der Waals surface area contributed by atoms with Crippen molar-refractivity contribution in [2.24, 2.45) is 0 Å². The molecule has 1 N–H and O–H groups in total. The summed E-state index contributed by atoms with van der Waals surface area (Å²) in [7, 11) is 5.05. The molecule has 1 fully saturated rings. The monoisotopic (exact) mass is 307 g/mol. The van der Waals surface area contributed by atoms with Crippen LogP contribution >= 0.6 is 0 Å². The van der Waals surface area contributed by atoms with Crippen LogP contribution in [-0.2, 0) is 11.3 Å². The van der Waals surface area contributed by atoms with Crippen LogP contribution in [0.2, 0.25) is 0 Å². The first-order chi connectivity index (χ1) is 10.4. The number of aliphatic hydroxyl groups is 1. The van der Waals surface area contributed by atoms with E-state index in [-0.39, 0.29) is 12.3 Å². The van der Waals surface area contributed by atoms with Gasteiger partial charge >= 0.3 is 0 Å². The van der Waals surface area contributed by atoms with E-state index < -0.39 is 5.60 Å². The molecule has 1 aliphatic heterocycles. The number of β-amino-alcohol motifs (C(OH)–C–C–N with tert-alkyl or cyclic N) is 1. The smallest absolute Gasteiger partial charge is 0.224 e. The van der Waals surface area contributed by atoms with Crippen LogP contribution in [0.15, 0.2) is 18.5 Å². The van der Waals surface area contributed by atoms with Gasteiger partial charge in [0.25, 0.3) is 0 Å². The van der Waals surface area contributed by atoms with E-state index in [1.54, 1.807) is 33.6 Å². The number of ether oxygens (including phenoxy) is 1. The van der Waals surface area contributed by atoms with E-state index in [4.69, 9.17) is 4.74 Å². The van der Waals surface area contributed by atoms with Crippen LogP contribution in [0, 0.1) is 0 Å². The van der Waals surface area contributed by atoms with Gasteiger partial charge in [0.2, 0.25) is 5.91 Å². The molecule has 1 unspecified atom stereocenters. The van der Waals surface area contributed by atoms with Gasteiger partial charge < -0.3 is 14.7 Å². The molecule has 6 nitrogen and oxygen atoms in total. The Morgan fingerprint density at radius 2 is 2.27 bits per heavy atom. The Balaban J connectivity index is 1.99. The third kappa shape index (κ3) is 4.42. The second-order valence-corrected chi connectivity index (χ2v) is 6.24. The minimum atomic E-state index is -0.939. The summed E-state index contributed by atoms with van der Waals surface area (Å²) in [4.78, 5) is 19.7. The predicted octanol–water partition coefficient (Wildman–Crippen LogP) is 0.895. The van der Waals surface area contributed by atoms with Gasteiger partial charge in [0.05, 0.1) is 25.3 Å². The molecule has 1 saturated heterocycles. The zero-order valence-electron chi connectivity index (χ0n) is 13.6. The first kappa shape index (κ1) is 16.7. The minimum absolute atomic E-state index is 0.0348. The second kappa shape index (κ2) is 7.07. The molecule has 1 aromatic heterocycles. The summed E-state index contributed by atoms with van der Waals surface area (Å²) >= 11 is 0. The highest BCUT2D eigenvalue weighted by Gasteiger charge is 2.35. The zero-order chi connectivity index (χ0) is 16.2. The maximum Gasteiger partial charge on any atom is 0.224 e. The first-order valence-electron chi connectivity index (χ1n) is 7.55. The van der Waals surface area contributed by atoms with E-state index in [0.29, 0.717) is 19.5 Å². The summed E-state index contributed by atoms with van der Waals surface area (Å²) < 4.78 is 5.18. The van der Waals surface area contributed by atoms with E-state index in [1.165, 1.54) is 4.90 Å². The third-order valence-corrected chi connectivity index (χ3v) is 4.03. The van der Waals surface area contributed by atoms with Gasteiger partial charge in [0, 0.05) is 33.4 Å². The molecule has 6 heteroatoms. The number of rotatable bonds is 5. The Labute approximate surface area is 131 Å². The van der Waals surface area contributed by atoms with Crippen LogP contribution in [0.3, 0.4) is 0 Å². The van der Waals surface area contributed by atoms with E-state index >= 15 is 0 Å². The Kier molecular flexibility index (Phi) is 5.37. The Morgan fingerprint density at radius 1 is 1.50 bits per heavy atom. The molecule has 1 aliphatic rings. The van der Waals surface area contributed by atoms with E-state index in [2.05, 4.69) is 9.88 Å². The molecular formula is C16H25N3O3. The van der Waals surface area contributed by atoms with E-state index in [1.807, 2.05) is 6.07 Å². The van der Waals surface area contributed by atoms with Crippen LogP contribution in [0.25, 0.3) is 0 Å². The van der Waals surface area contributed by atoms with Crippen LogP contribution in [0.1, 0.15) is 24.8 Å². The number of carbonyl (C=O) groups is 1. The van der Waals surface area contributed by atoms with Gasteiger partial charge in [0.1, 0.15) is 5.75 Å². The van der Waals surface area contributed by atoms with Crippen molar-refractivity contribution in [3.63, 3.8) is 0 Å². The molecule has 0 aliphatic carbocycles. The van der Waals surface area contributed by atoms with Crippen molar-refractivity contribution in [1.82, 2.24) is 14.8 Å². The molecule has 0 aromatic carbocycles. The molecule has 0 spiro atoms. The predicted molar refractivity (Wildman–Crippen MR) is 83.6 cm³/mol. The number of hydrogen-bond acceptors (Lipinski definition) is 5. The molecule has 1 amide bonds. The number of nitrogens with zero attached hydrogens (tertiary/aromatic N) is 3. The van der Waals surface area contributed by atoms with Crippen LogP contribution in [0.5, 0.6) is 5.75 Å². The van der Waals surface area contributed by atoms with Gasteiger partial charge in [-0.2, -0.15) is 0 Å². The highest BCUT2D eigenvalue weighted by atomic mass is 16.5. The molecule has 2 heterocycles. The lowest BCUT2D eigenvalue weighted by Crippen LogP contribution is -2.50. The summed E-state index contributed by atoms with van der Waals surface area (Å²) in [5, 5.41) is 10.7. The molecule has 22 heavy (non-hydrogen) atoms. The topological polar surface area (TPSA) is 65.9 Å². The zero-order valence-corrected chi connectivity index (χ0v) is 13.6. The maximum absolute atomic E-state index is 11.9. The fourth-order valence-corrected chi connectivity index (χ4v) is 2.84. The SMILES string of the molecule is COc1cncc(CN2CCCC(O)(CC(=O)N(C)C)C2)c1. The number of amides is 1. The van der Waals surface area contributed by atoms with Gasteiger partial charge in [-0.05, 0) is 31.0 Å². The average molecular weight is 307 g/mol. The lowest BCUT2D eigenvalue weighted by atomic mass is 9.89. The van der Waals surface area contributed by atoms with Crippen LogP contribution < -0.4 is 4.74 Å². The van der Waals surface area contributed by atoms with Gasteiger partial charge in [-0.15, -0.1) is 0 Å². The molecule has 1 aromatic rings. The van der Waals surface area contributed by atoms with Crippen LogP contribution in [0.4, 0.5) is 0 Å². The van der Waals surface area contributed by atoms with Gasteiger partial charge in [-0.3, -0.25) is 14.7 Å². The first-order valence-corrected chi connectivity index (χ1v) is 7.55. The van der Waals surface area contributed by atoms with Crippen molar-refractivity contribution < 1.29 is 14.6 Å². The molecule has 1 atom stereocenters. The fraction of sp³-hybridized carbons (Fsp3) is 0.625. The lowest BCUT2D eigenvalue weighted by molar-refractivity contribution is -0.136. The van der Waals surface area contributed by atoms with Crippen molar-refractivity contribution in [3.8, 4) is 5.75 Å². The summed E-state index contributed by atoms with van der Waals surface area (Å²) in [5.74, 6) is 0.694. The van der Waals surface area contributed by atoms with Gasteiger partial charge in [-0.25, -0.2) is 0 Å². The summed E-state index contributed by atoms with van der Waals surface area (Å²) in [6, 6.07) is 1.95. The van der Waals surface area contributed by atoms with Crippen molar-refractivity contribution >= 4 is 5.91 Å². The number of pyridine rings is 1. The third-order valence-electron chi connectivity index (χ3n) is 4.03. The molecule has 2 rings (SSSR count). The Bertz CT molecular complexity index is 521. The number of likely N-dealkylation sites (tertiary alicyclic amines) is 1. The summed E-state index contributed by atoms with van der Waals surface area (Å²) in [5.41, 5.74) is 0.105. The van der Waals surface area contributed by atoms with Crippen LogP contribution in [-0.4, -0.2) is 65.7 Å². The minimum Gasteiger partial charge on any atom is -0.495 e. The molecule has 0 radical (unpaired) electrons. The van der Waals surface area contributed by atoms with E-state index in [0.717, 1.165) is 24.3 Å². The Morgan fingerprint density at radius 3 is 2.95 bits per heavy atom. The molecule has 122 valence electrons. The fourth-order valence-electron chi connectivity index (χ4n) is 2.84. The molecule has 0 saturated carbocycles. The number of piperidine rings is 1. The Hall–Kier alpha value is -1.66. The number of carbonyl (C=O) groups excluding carboxylic acids is 1. The molecule has 0 bridgehead atoms. The maximum atomic E-state index is 11.9. The summed E-state index contributed by atoms with van der Waals surface area (Å²) in [6.45, 7) is 2.11. The second-order valence-electron chi connectivity index (χ2n) is 6.24. The van der Waals surface area contributed by atoms with Crippen molar-refractivity contribution in [2.75, 3.05) is 34.3 Å². The number of methoxy groups -OCH3 is 1. The van der Waals surface area contributed by atoms with Crippen molar-refractivity contribution in [3.05, 3.63) is 24.0 Å². The van der Waals surface area contributed by atoms with Crippen molar-refractivity contribution in [2.45, 2.75) is 31.4 Å². The normalized spacial score (nSPS) is 22.4. The van der Waals surface area contributed by atoms with Gasteiger partial charge in [0.15, 0.2) is 0 Å².